The van der Waals surface area contributed by atoms with Crippen LogP contribution in [0.15, 0.2) is 46.8 Å². The number of hydrogen-bond donors (Lipinski definition) is 2. The smallest absolute Gasteiger partial charge is 0.191 e. The zero-order chi connectivity index (χ0) is 19.3. The maximum Gasteiger partial charge on any atom is 0.191 e. The number of nitrogens with one attached hydrogen (secondary N) is 2. The summed E-state index contributed by atoms with van der Waals surface area (Å²) in [7, 11) is 1.86. The molecule has 1 aromatic carbocycles. The van der Waals surface area contributed by atoms with Crippen molar-refractivity contribution in [3.05, 3.63) is 47.3 Å². The highest BCUT2D eigenvalue weighted by molar-refractivity contribution is 14.0. The third-order valence-electron chi connectivity index (χ3n) is 5.87. The fourth-order valence-corrected chi connectivity index (χ4v) is 5.13. The molecule has 0 amide bonds. The van der Waals surface area contributed by atoms with E-state index >= 15 is 0 Å². The zero-order valence-electron chi connectivity index (χ0n) is 17.3. The lowest BCUT2D eigenvalue weighted by Gasteiger charge is -2.33. The average molecular weight is 526 g/mol. The molecule has 4 rings (SSSR count). The highest BCUT2D eigenvalue weighted by Crippen LogP contribution is 2.31. The van der Waals surface area contributed by atoms with E-state index in [1.165, 1.54) is 16.3 Å². The topological polar surface area (TPSA) is 42.9 Å². The summed E-state index contributed by atoms with van der Waals surface area (Å²) in [5.41, 5.74) is 2.86. The SMILES string of the molecule is CN=C(NCCN1c2ccccc2CC1C)NC1CCN(c2cccs2)CC1.I. The van der Waals surface area contributed by atoms with Gasteiger partial charge in [0.2, 0.25) is 0 Å². The maximum absolute atomic E-state index is 4.44. The molecule has 0 aliphatic carbocycles. The Morgan fingerprint density at radius 3 is 2.69 bits per heavy atom. The Bertz CT molecular complexity index is 786. The van der Waals surface area contributed by atoms with E-state index in [2.05, 4.69) is 74.1 Å². The zero-order valence-corrected chi connectivity index (χ0v) is 20.5. The van der Waals surface area contributed by atoms with Gasteiger partial charge in [0.25, 0.3) is 0 Å². The molecule has 1 saturated heterocycles. The van der Waals surface area contributed by atoms with Crippen molar-refractivity contribution in [1.82, 2.24) is 10.6 Å². The summed E-state index contributed by atoms with van der Waals surface area (Å²) in [4.78, 5) is 9.44. The van der Waals surface area contributed by atoms with Crippen molar-refractivity contribution in [3.8, 4) is 0 Å². The average Bonchev–Trinajstić information content (AvgIpc) is 3.36. The van der Waals surface area contributed by atoms with E-state index < -0.39 is 0 Å². The number of nitrogens with zero attached hydrogens (tertiary/aromatic N) is 3. The van der Waals surface area contributed by atoms with Crippen LogP contribution in [-0.4, -0.2) is 51.3 Å². The Labute approximate surface area is 195 Å². The Morgan fingerprint density at radius 1 is 1.17 bits per heavy atom. The van der Waals surface area contributed by atoms with Crippen LogP contribution in [0.2, 0.25) is 0 Å². The van der Waals surface area contributed by atoms with Gasteiger partial charge in [0.15, 0.2) is 5.96 Å². The Morgan fingerprint density at radius 2 is 1.97 bits per heavy atom. The van der Waals surface area contributed by atoms with Crippen molar-refractivity contribution >= 4 is 52.0 Å². The third-order valence-corrected chi connectivity index (χ3v) is 6.80. The monoisotopic (exact) mass is 525 g/mol. The number of guanidine groups is 1. The minimum Gasteiger partial charge on any atom is -0.367 e. The number of aliphatic imine (C=N–C) groups is 1. The molecule has 0 radical (unpaired) electrons. The second-order valence-electron chi connectivity index (χ2n) is 7.73. The minimum absolute atomic E-state index is 0. The van der Waals surface area contributed by atoms with Crippen LogP contribution in [0.3, 0.4) is 0 Å². The number of benzene rings is 1. The molecule has 7 heteroatoms. The van der Waals surface area contributed by atoms with Crippen molar-refractivity contribution in [2.45, 2.75) is 38.3 Å². The Kier molecular flexibility index (Phi) is 8.06. The number of thiophene rings is 1. The molecule has 5 nitrogen and oxygen atoms in total. The van der Waals surface area contributed by atoms with Gasteiger partial charge in [0.05, 0.1) is 5.00 Å². The van der Waals surface area contributed by atoms with Crippen molar-refractivity contribution < 1.29 is 0 Å². The van der Waals surface area contributed by atoms with Gasteiger partial charge in [-0.15, -0.1) is 35.3 Å². The molecule has 2 aliphatic heterocycles. The van der Waals surface area contributed by atoms with Crippen molar-refractivity contribution in [2.75, 3.05) is 43.0 Å². The van der Waals surface area contributed by atoms with Gasteiger partial charge in [-0.3, -0.25) is 4.99 Å². The van der Waals surface area contributed by atoms with E-state index in [0.717, 1.165) is 51.4 Å². The maximum atomic E-state index is 4.44. The first-order chi connectivity index (χ1) is 13.7. The predicted molar refractivity (Wildman–Crippen MR) is 136 cm³/mol. The number of halogens is 1. The van der Waals surface area contributed by atoms with Crippen LogP contribution in [0.1, 0.15) is 25.3 Å². The van der Waals surface area contributed by atoms with Gasteiger partial charge in [-0.1, -0.05) is 18.2 Å². The van der Waals surface area contributed by atoms with E-state index in [1.807, 2.05) is 18.4 Å². The second-order valence-corrected chi connectivity index (χ2v) is 8.66. The molecule has 1 fully saturated rings. The molecular formula is C22H32IN5S. The summed E-state index contributed by atoms with van der Waals surface area (Å²) in [5, 5.41) is 10.7. The number of piperidine rings is 1. The van der Waals surface area contributed by atoms with Crippen molar-refractivity contribution in [3.63, 3.8) is 0 Å². The number of anilines is 2. The molecule has 2 aromatic rings. The van der Waals surface area contributed by atoms with E-state index in [-0.39, 0.29) is 24.0 Å². The van der Waals surface area contributed by atoms with Crippen LogP contribution >= 0.6 is 35.3 Å². The van der Waals surface area contributed by atoms with Gasteiger partial charge in [-0.05, 0) is 55.3 Å². The minimum atomic E-state index is 0. The lowest BCUT2D eigenvalue weighted by molar-refractivity contribution is 0.463. The molecule has 1 atom stereocenters. The van der Waals surface area contributed by atoms with Gasteiger partial charge in [-0.2, -0.15) is 0 Å². The number of rotatable bonds is 5. The summed E-state index contributed by atoms with van der Waals surface area (Å²) < 4.78 is 0. The second kappa shape index (κ2) is 10.5. The summed E-state index contributed by atoms with van der Waals surface area (Å²) in [6, 6.07) is 14.2. The highest BCUT2D eigenvalue weighted by atomic mass is 127. The van der Waals surface area contributed by atoms with Crippen LogP contribution in [0, 0.1) is 0 Å². The molecule has 2 aliphatic rings. The largest absolute Gasteiger partial charge is 0.367 e. The lowest BCUT2D eigenvalue weighted by atomic mass is 10.1. The molecule has 0 saturated carbocycles. The standard InChI is InChI=1S/C22H31N5S.HI/c1-17-16-18-6-3-4-7-20(18)27(17)14-11-24-22(23-2)25-19-9-12-26(13-10-19)21-8-5-15-28-21;/h3-8,15,17,19H,9-14,16H2,1-2H3,(H2,23,24,25);1H. The summed E-state index contributed by atoms with van der Waals surface area (Å²) in [5.74, 6) is 0.926. The Hall–Kier alpha value is -1.48. The predicted octanol–water partition coefficient (Wildman–Crippen LogP) is 3.95. The molecule has 1 aromatic heterocycles. The van der Waals surface area contributed by atoms with Crippen molar-refractivity contribution in [1.29, 1.82) is 0 Å². The number of fused-ring (bicyclic) bond motifs is 1. The number of para-hydroxylation sites is 1. The van der Waals surface area contributed by atoms with Crippen LogP contribution in [0.4, 0.5) is 10.7 Å². The fraction of sp³-hybridized carbons (Fsp3) is 0.500. The van der Waals surface area contributed by atoms with Crippen LogP contribution in [0.25, 0.3) is 0 Å². The molecule has 29 heavy (non-hydrogen) atoms. The van der Waals surface area contributed by atoms with E-state index in [0.29, 0.717) is 12.1 Å². The molecule has 0 bridgehead atoms. The summed E-state index contributed by atoms with van der Waals surface area (Å²) in [6.45, 7) is 6.42. The van der Waals surface area contributed by atoms with Gasteiger partial charge < -0.3 is 20.4 Å². The fourth-order valence-electron chi connectivity index (χ4n) is 4.35. The molecule has 0 spiro atoms. The lowest BCUT2D eigenvalue weighted by Crippen LogP contribution is -2.50. The first kappa shape index (κ1) is 22.2. The van der Waals surface area contributed by atoms with Crippen LogP contribution in [0.5, 0.6) is 0 Å². The van der Waals surface area contributed by atoms with Gasteiger partial charge in [0, 0.05) is 51.0 Å². The van der Waals surface area contributed by atoms with E-state index in [1.54, 1.807) is 0 Å². The summed E-state index contributed by atoms with van der Waals surface area (Å²) >= 11 is 1.83. The summed E-state index contributed by atoms with van der Waals surface area (Å²) in [6.07, 6.45) is 3.44. The quantitative estimate of drug-likeness (QED) is 0.353. The number of hydrogen-bond acceptors (Lipinski definition) is 4. The van der Waals surface area contributed by atoms with Crippen LogP contribution < -0.4 is 20.4 Å². The van der Waals surface area contributed by atoms with Crippen LogP contribution in [-0.2, 0) is 6.42 Å². The van der Waals surface area contributed by atoms with E-state index in [4.69, 9.17) is 0 Å². The molecule has 158 valence electrons. The molecule has 2 N–H and O–H groups in total. The van der Waals surface area contributed by atoms with Gasteiger partial charge >= 0.3 is 0 Å². The van der Waals surface area contributed by atoms with Crippen molar-refractivity contribution in [2.24, 2.45) is 4.99 Å². The van der Waals surface area contributed by atoms with Gasteiger partial charge in [0.1, 0.15) is 0 Å². The van der Waals surface area contributed by atoms with E-state index in [9.17, 15) is 0 Å². The third kappa shape index (κ3) is 5.36. The first-order valence-electron chi connectivity index (χ1n) is 10.3. The first-order valence-corrected chi connectivity index (χ1v) is 11.2. The molecular weight excluding hydrogens is 493 g/mol. The van der Waals surface area contributed by atoms with Gasteiger partial charge in [-0.25, -0.2) is 0 Å². The molecule has 3 heterocycles. The normalized spacial score (nSPS) is 19.7. The Balaban J connectivity index is 0.00000240. The molecule has 1 unspecified atom stereocenters. The highest BCUT2D eigenvalue weighted by Gasteiger charge is 2.25.